The lowest BCUT2D eigenvalue weighted by Gasteiger charge is -2.33. The quantitative estimate of drug-likeness (QED) is 0.697. The summed E-state index contributed by atoms with van der Waals surface area (Å²) in [6.07, 6.45) is 3.58. The van der Waals surface area contributed by atoms with Crippen LogP contribution in [0.4, 0.5) is 0 Å². The third kappa shape index (κ3) is 4.77. The summed E-state index contributed by atoms with van der Waals surface area (Å²) >= 11 is 0. The van der Waals surface area contributed by atoms with Crippen LogP contribution in [0.3, 0.4) is 0 Å². The van der Waals surface area contributed by atoms with Crippen LogP contribution in [0.25, 0.3) is 0 Å². The Balaban J connectivity index is 1.54. The van der Waals surface area contributed by atoms with E-state index < -0.39 is 0 Å². The Bertz CT molecular complexity index is 717. The zero-order chi connectivity index (χ0) is 17.6. The van der Waals surface area contributed by atoms with Crippen molar-refractivity contribution in [3.05, 3.63) is 41.7 Å². The van der Waals surface area contributed by atoms with Crippen LogP contribution < -0.4 is 11.1 Å². The number of phenols is 1. The molecule has 1 aromatic carbocycles. The average molecular weight is 344 g/mol. The number of phenolic OH excluding ortho intramolecular Hbond substituents is 1. The fraction of sp³-hybridized carbons (Fsp3) is 0.471. The molecular formula is C17H24N6O2. The van der Waals surface area contributed by atoms with Gasteiger partial charge >= 0.3 is 0 Å². The topological polar surface area (TPSA) is 109 Å². The molecule has 25 heavy (non-hydrogen) atoms. The molecule has 4 N–H and O–H groups in total. The maximum atomic E-state index is 12.3. The Morgan fingerprint density at radius 2 is 2.32 bits per heavy atom. The summed E-state index contributed by atoms with van der Waals surface area (Å²) in [5.74, 6) is 0.0763. The highest BCUT2D eigenvalue weighted by molar-refractivity contribution is 5.92. The Kier molecular flexibility index (Phi) is 5.62. The van der Waals surface area contributed by atoms with Crippen LogP contribution >= 0.6 is 0 Å². The van der Waals surface area contributed by atoms with Crippen molar-refractivity contribution in [2.24, 2.45) is 5.73 Å². The molecule has 0 aliphatic carbocycles. The number of carbonyl (C=O) groups is 1. The van der Waals surface area contributed by atoms with Gasteiger partial charge in [-0.2, -0.15) is 0 Å². The highest BCUT2D eigenvalue weighted by Gasteiger charge is 2.23. The van der Waals surface area contributed by atoms with Gasteiger partial charge in [0.2, 0.25) is 0 Å². The molecule has 1 aromatic heterocycles. The van der Waals surface area contributed by atoms with Crippen molar-refractivity contribution in [3.8, 4) is 5.75 Å². The number of amides is 1. The molecule has 1 aliphatic rings. The second kappa shape index (κ2) is 8.09. The Hall–Kier alpha value is -2.45. The number of hydrogen-bond donors (Lipinski definition) is 3. The van der Waals surface area contributed by atoms with Crippen molar-refractivity contribution < 1.29 is 9.90 Å². The van der Waals surface area contributed by atoms with Gasteiger partial charge in [0.05, 0.1) is 12.7 Å². The van der Waals surface area contributed by atoms with Gasteiger partial charge in [-0.15, -0.1) is 5.10 Å². The maximum absolute atomic E-state index is 12.3. The number of likely N-dealkylation sites (tertiary alicyclic amines) is 1. The SMILES string of the molecule is NCCn1cc(C(=O)NC2CCCN(Cc3cccc(O)c3)C2)nn1. The molecular weight excluding hydrogens is 320 g/mol. The summed E-state index contributed by atoms with van der Waals surface area (Å²) in [7, 11) is 0. The lowest BCUT2D eigenvalue weighted by atomic mass is 10.0. The fourth-order valence-corrected chi connectivity index (χ4v) is 3.13. The van der Waals surface area contributed by atoms with Gasteiger partial charge in [0, 0.05) is 25.7 Å². The number of hydrogen-bond acceptors (Lipinski definition) is 6. The van der Waals surface area contributed by atoms with Gasteiger partial charge in [0.15, 0.2) is 5.69 Å². The van der Waals surface area contributed by atoms with E-state index in [4.69, 9.17) is 5.73 Å². The van der Waals surface area contributed by atoms with Gasteiger partial charge in [-0.1, -0.05) is 17.3 Å². The number of carbonyl (C=O) groups excluding carboxylic acids is 1. The summed E-state index contributed by atoms with van der Waals surface area (Å²) in [4.78, 5) is 14.6. The number of benzene rings is 1. The number of aromatic hydroxyl groups is 1. The second-order valence-corrected chi connectivity index (χ2v) is 6.37. The zero-order valence-electron chi connectivity index (χ0n) is 14.1. The minimum atomic E-state index is -0.201. The molecule has 2 aromatic rings. The summed E-state index contributed by atoms with van der Waals surface area (Å²) in [6, 6.07) is 7.37. The molecule has 1 unspecified atom stereocenters. The normalized spacial score (nSPS) is 18.2. The lowest BCUT2D eigenvalue weighted by Crippen LogP contribution is -2.47. The highest BCUT2D eigenvalue weighted by atomic mass is 16.3. The van der Waals surface area contributed by atoms with Crippen molar-refractivity contribution in [1.82, 2.24) is 25.2 Å². The monoisotopic (exact) mass is 344 g/mol. The number of nitrogens with zero attached hydrogens (tertiary/aromatic N) is 4. The van der Waals surface area contributed by atoms with Crippen molar-refractivity contribution >= 4 is 5.91 Å². The molecule has 1 amide bonds. The first-order valence-corrected chi connectivity index (χ1v) is 8.55. The van der Waals surface area contributed by atoms with E-state index in [2.05, 4.69) is 20.5 Å². The van der Waals surface area contributed by atoms with E-state index in [1.54, 1.807) is 23.0 Å². The van der Waals surface area contributed by atoms with Gasteiger partial charge in [-0.05, 0) is 37.1 Å². The Morgan fingerprint density at radius 3 is 3.12 bits per heavy atom. The van der Waals surface area contributed by atoms with E-state index in [9.17, 15) is 9.90 Å². The third-order valence-corrected chi connectivity index (χ3v) is 4.29. The molecule has 0 radical (unpaired) electrons. The van der Waals surface area contributed by atoms with E-state index in [0.29, 0.717) is 18.8 Å². The molecule has 0 bridgehead atoms. The molecule has 1 aliphatic heterocycles. The fourth-order valence-electron chi connectivity index (χ4n) is 3.13. The zero-order valence-corrected chi connectivity index (χ0v) is 14.1. The van der Waals surface area contributed by atoms with Gasteiger partial charge in [-0.3, -0.25) is 14.4 Å². The number of rotatable bonds is 6. The summed E-state index contributed by atoms with van der Waals surface area (Å²) in [6.45, 7) is 3.51. The smallest absolute Gasteiger partial charge is 0.273 e. The minimum absolute atomic E-state index is 0.0817. The molecule has 134 valence electrons. The number of aromatic nitrogens is 3. The van der Waals surface area contributed by atoms with E-state index in [1.807, 2.05) is 12.1 Å². The van der Waals surface area contributed by atoms with E-state index in [0.717, 1.165) is 38.0 Å². The van der Waals surface area contributed by atoms with Crippen molar-refractivity contribution in [2.75, 3.05) is 19.6 Å². The molecule has 1 saturated heterocycles. The molecule has 0 spiro atoms. The molecule has 8 heteroatoms. The Labute approximate surface area is 146 Å². The predicted octanol–water partition coefficient (Wildman–Crippen LogP) is 0.337. The van der Waals surface area contributed by atoms with Crippen LogP contribution in [0.5, 0.6) is 5.75 Å². The van der Waals surface area contributed by atoms with Gasteiger partial charge < -0.3 is 16.2 Å². The average Bonchev–Trinajstić information content (AvgIpc) is 3.04. The van der Waals surface area contributed by atoms with Crippen molar-refractivity contribution in [1.29, 1.82) is 0 Å². The van der Waals surface area contributed by atoms with Crippen LogP contribution in [0.15, 0.2) is 30.5 Å². The van der Waals surface area contributed by atoms with Gasteiger partial charge in [0.1, 0.15) is 5.75 Å². The van der Waals surface area contributed by atoms with Gasteiger partial charge in [0.25, 0.3) is 5.91 Å². The largest absolute Gasteiger partial charge is 0.508 e. The number of nitrogens with one attached hydrogen (secondary N) is 1. The number of nitrogens with two attached hydrogens (primary N) is 1. The third-order valence-electron chi connectivity index (χ3n) is 4.29. The van der Waals surface area contributed by atoms with E-state index in [1.165, 1.54) is 0 Å². The molecule has 3 rings (SSSR count). The van der Waals surface area contributed by atoms with E-state index >= 15 is 0 Å². The van der Waals surface area contributed by atoms with Crippen LogP contribution in [0.1, 0.15) is 28.9 Å². The summed E-state index contributed by atoms with van der Waals surface area (Å²) in [5.41, 5.74) is 6.86. The van der Waals surface area contributed by atoms with Crippen LogP contribution in [0, 0.1) is 0 Å². The van der Waals surface area contributed by atoms with Crippen molar-refractivity contribution in [3.63, 3.8) is 0 Å². The number of piperidine rings is 1. The van der Waals surface area contributed by atoms with Gasteiger partial charge in [-0.25, -0.2) is 0 Å². The molecule has 0 saturated carbocycles. The first kappa shape index (κ1) is 17.4. The van der Waals surface area contributed by atoms with E-state index in [-0.39, 0.29) is 17.7 Å². The Morgan fingerprint density at radius 1 is 1.44 bits per heavy atom. The molecule has 1 fully saturated rings. The predicted molar refractivity (Wildman–Crippen MR) is 92.9 cm³/mol. The van der Waals surface area contributed by atoms with Crippen molar-refractivity contribution in [2.45, 2.75) is 32.0 Å². The maximum Gasteiger partial charge on any atom is 0.273 e. The molecule has 8 nitrogen and oxygen atoms in total. The van der Waals surface area contributed by atoms with Crippen LogP contribution in [-0.4, -0.2) is 56.6 Å². The standard InChI is InChI=1S/C17H24N6O2/c18-6-8-23-12-16(20-21-23)17(25)19-14-4-2-7-22(11-14)10-13-3-1-5-15(24)9-13/h1,3,5,9,12,14,24H,2,4,6-8,10-11,18H2,(H,19,25). The highest BCUT2D eigenvalue weighted by Crippen LogP contribution is 2.17. The molecule has 1 atom stereocenters. The second-order valence-electron chi connectivity index (χ2n) is 6.37. The minimum Gasteiger partial charge on any atom is -0.508 e. The lowest BCUT2D eigenvalue weighted by molar-refractivity contribution is 0.0895. The summed E-state index contributed by atoms with van der Waals surface area (Å²) < 4.78 is 1.57. The first-order chi connectivity index (χ1) is 12.1. The summed E-state index contributed by atoms with van der Waals surface area (Å²) in [5, 5.41) is 20.4. The first-order valence-electron chi connectivity index (χ1n) is 8.55. The van der Waals surface area contributed by atoms with Crippen LogP contribution in [0.2, 0.25) is 0 Å². The molecule has 2 heterocycles. The van der Waals surface area contributed by atoms with Crippen LogP contribution in [-0.2, 0) is 13.1 Å².